The second-order valence-corrected chi connectivity index (χ2v) is 5.85. The number of rotatable bonds is 8. The predicted octanol–water partition coefficient (Wildman–Crippen LogP) is 0.387. The standard InChI is InChI=1S/C16H32N4O2/c1-5-8-17-16(22)14(4)20-11-9-18(10-12-20)13-15(21)19(6-2)7-3/h14H,5-13H2,1-4H3,(H,17,22). The average molecular weight is 312 g/mol. The van der Waals surface area contributed by atoms with Gasteiger partial charge in [-0.3, -0.25) is 19.4 Å². The summed E-state index contributed by atoms with van der Waals surface area (Å²) in [5.74, 6) is 0.307. The molecule has 2 amide bonds. The molecule has 1 N–H and O–H groups in total. The van der Waals surface area contributed by atoms with E-state index in [1.54, 1.807) is 0 Å². The Morgan fingerprint density at radius 1 is 1.09 bits per heavy atom. The number of carbonyl (C=O) groups is 2. The third kappa shape index (κ3) is 5.57. The van der Waals surface area contributed by atoms with E-state index in [0.717, 1.165) is 52.2 Å². The largest absolute Gasteiger partial charge is 0.355 e. The van der Waals surface area contributed by atoms with Crippen LogP contribution in [0.5, 0.6) is 0 Å². The van der Waals surface area contributed by atoms with Gasteiger partial charge in [0, 0.05) is 45.8 Å². The minimum Gasteiger partial charge on any atom is -0.355 e. The van der Waals surface area contributed by atoms with Crippen molar-refractivity contribution in [2.45, 2.75) is 40.2 Å². The highest BCUT2D eigenvalue weighted by molar-refractivity contribution is 5.81. The molecule has 6 heteroatoms. The maximum atomic E-state index is 12.1. The fourth-order valence-electron chi connectivity index (χ4n) is 2.74. The van der Waals surface area contributed by atoms with Crippen molar-refractivity contribution in [3.63, 3.8) is 0 Å². The normalized spacial score (nSPS) is 18.0. The van der Waals surface area contributed by atoms with Crippen molar-refractivity contribution in [3.8, 4) is 0 Å². The lowest BCUT2D eigenvalue weighted by Crippen LogP contribution is -2.55. The van der Waals surface area contributed by atoms with Crippen molar-refractivity contribution in [1.82, 2.24) is 20.0 Å². The van der Waals surface area contributed by atoms with Crippen LogP contribution in [0, 0.1) is 0 Å². The fourth-order valence-corrected chi connectivity index (χ4v) is 2.74. The van der Waals surface area contributed by atoms with Gasteiger partial charge in [0.15, 0.2) is 0 Å². The van der Waals surface area contributed by atoms with Crippen molar-refractivity contribution in [3.05, 3.63) is 0 Å². The van der Waals surface area contributed by atoms with Gasteiger partial charge in [-0.1, -0.05) is 6.92 Å². The molecule has 0 spiro atoms. The zero-order valence-corrected chi connectivity index (χ0v) is 14.6. The topological polar surface area (TPSA) is 55.9 Å². The first-order valence-electron chi connectivity index (χ1n) is 8.55. The molecule has 0 radical (unpaired) electrons. The maximum absolute atomic E-state index is 12.1. The molecular formula is C16H32N4O2. The molecule has 1 atom stereocenters. The zero-order chi connectivity index (χ0) is 16.5. The highest BCUT2D eigenvalue weighted by Gasteiger charge is 2.26. The first-order valence-corrected chi connectivity index (χ1v) is 8.55. The number of hydrogen-bond donors (Lipinski definition) is 1. The highest BCUT2D eigenvalue weighted by Crippen LogP contribution is 2.07. The number of nitrogens with one attached hydrogen (secondary N) is 1. The SMILES string of the molecule is CCCNC(=O)C(C)N1CCN(CC(=O)N(CC)CC)CC1. The monoisotopic (exact) mass is 312 g/mol. The fraction of sp³-hybridized carbons (Fsp3) is 0.875. The molecule has 1 unspecified atom stereocenters. The van der Waals surface area contributed by atoms with Crippen molar-refractivity contribution in [2.75, 3.05) is 52.4 Å². The summed E-state index contributed by atoms with van der Waals surface area (Å²) in [6, 6.07) is -0.0906. The second kappa shape index (κ2) is 9.79. The zero-order valence-electron chi connectivity index (χ0n) is 14.6. The van der Waals surface area contributed by atoms with Gasteiger partial charge in [-0.05, 0) is 27.2 Å². The average Bonchev–Trinajstić information content (AvgIpc) is 2.53. The van der Waals surface area contributed by atoms with Gasteiger partial charge in [-0.2, -0.15) is 0 Å². The van der Waals surface area contributed by atoms with E-state index in [9.17, 15) is 9.59 Å². The van der Waals surface area contributed by atoms with Crippen LogP contribution in [0.1, 0.15) is 34.1 Å². The summed E-state index contributed by atoms with van der Waals surface area (Å²) in [5.41, 5.74) is 0. The number of carbonyl (C=O) groups excluding carboxylic acids is 2. The molecule has 1 rings (SSSR count). The summed E-state index contributed by atoms with van der Waals surface area (Å²) in [5, 5.41) is 2.95. The van der Waals surface area contributed by atoms with Crippen LogP contribution in [0.3, 0.4) is 0 Å². The van der Waals surface area contributed by atoms with E-state index in [0.29, 0.717) is 6.54 Å². The van der Waals surface area contributed by atoms with Crippen LogP contribution < -0.4 is 5.32 Å². The predicted molar refractivity (Wildman–Crippen MR) is 88.7 cm³/mol. The molecule has 0 saturated carbocycles. The van der Waals surface area contributed by atoms with Crippen LogP contribution in [-0.2, 0) is 9.59 Å². The lowest BCUT2D eigenvalue weighted by molar-refractivity contribution is -0.133. The number of nitrogens with zero attached hydrogens (tertiary/aromatic N) is 3. The summed E-state index contributed by atoms with van der Waals surface area (Å²) in [6.07, 6.45) is 0.958. The third-order valence-electron chi connectivity index (χ3n) is 4.36. The Labute approximate surface area is 134 Å². The Bertz CT molecular complexity index is 350. The highest BCUT2D eigenvalue weighted by atomic mass is 16.2. The number of amides is 2. The first-order chi connectivity index (χ1) is 10.5. The summed E-state index contributed by atoms with van der Waals surface area (Å²) < 4.78 is 0. The van der Waals surface area contributed by atoms with Crippen molar-refractivity contribution in [2.24, 2.45) is 0 Å². The summed E-state index contributed by atoms with van der Waals surface area (Å²) in [7, 11) is 0. The minimum absolute atomic E-state index is 0.0906. The van der Waals surface area contributed by atoms with Gasteiger partial charge in [0.2, 0.25) is 11.8 Å². The van der Waals surface area contributed by atoms with Crippen LogP contribution in [-0.4, -0.2) is 84.9 Å². The molecule has 6 nitrogen and oxygen atoms in total. The van der Waals surface area contributed by atoms with Crippen molar-refractivity contribution < 1.29 is 9.59 Å². The first kappa shape index (κ1) is 18.9. The van der Waals surface area contributed by atoms with Crippen molar-refractivity contribution >= 4 is 11.8 Å². The molecule has 0 bridgehead atoms. The lowest BCUT2D eigenvalue weighted by Gasteiger charge is -2.37. The van der Waals surface area contributed by atoms with E-state index in [1.165, 1.54) is 0 Å². The van der Waals surface area contributed by atoms with Crippen LogP contribution in [0.25, 0.3) is 0 Å². The molecule has 1 aliphatic heterocycles. The summed E-state index contributed by atoms with van der Waals surface area (Å²) in [6.45, 7) is 14.2. The number of piperazine rings is 1. The Balaban J connectivity index is 2.36. The van der Waals surface area contributed by atoms with E-state index in [2.05, 4.69) is 22.0 Å². The Hall–Kier alpha value is -1.14. The minimum atomic E-state index is -0.0906. The van der Waals surface area contributed by atoms with Crippen LogP contribution in [0.15, 0.2) is 0 Å². The smallest absolute Gasteiger partial charge is 0.237 e. The molecule has 1 fully saturated rings. The molecule has 1 heterocycles. The van der Waals surface area contributed by atoms with Gasteiger partial charge in [0.25, 0.3) is 0 Å². The molecular weight excluding hydrogens is 280 g/mol. The second-order valence-electron chi connectivity index (χ2n) is 5.85. The molecule has 0 aromatic rings. The third-order valence-corrected chi connectivity index (χ3v) is 4.36. The summed E-state index contributed by atoms with van der Waals surface area (Å²) in [4.78, 5) is 30.4. The molecule has 0 aromatic heterocycles. The maximum Gasteiger partial charge on any atom is 0.237 e. The van der Waals surface area contributed by atoms with E-state index >= 15 is 0 Å². The molecule has 0 aliphatic carbocycles. The molecule has 1 saturated heterocycles. The number of likely N-dealkylation sites (N-methyl/N-ethyl adjacent to an activating group) is 1. The van der Waals surface area contributed by atoms with E-state index in [4.69, 9.17) is 0 Å². The van der Waals surface area contributed by atoms with Crippen LogP contribution in [0.4, 0.5) is 0 Å². The molecule has 128 valence electrons. The van der Waals surface area contributed by atoms with Crippen molar-refractivity contribution in [1.29, 1.82) is 0 Å². The van der Waals surface area contributed by atoms with Crippen LogP contribution >= 0.6 is 0 Å². The van der Waals surface area contributed by atoms with E-state index in [-0.39, 0.29) is 17.9 Å². The van der Waals surface area contributed by atoms with Gasteiger partial charge in [0.05, 0.1) is 12.6 Å². The quantitative estimate of drug-likeness (QED) is 0.704. The van der Waals surface area contributed by atoms with E-state index < -0.39 is 0 Å². The Kier molecular flexibility index (Phi) is 8.42. The number of hydrogen-bond acceptors (Lipinski definition) is 4. The van der Waals surface area contributed by atoms with Gasteiger partial charge < -0.3 is 10.2 Å². The molecule has 1 aliphatic rings. The lowest BCUT2D eigenvalue weighted by atomic mass is 10.2. The summed E-state index contributed by atoms with van der Waals surface area (Å²) >= 11 is 0. The van der Waals surface area contributed by atoms with Gasteiger partial charge in [-0.15, -0.1) is 0 Å². The van der Waals surface area contributed by atoms with Crippen LogP contribution in [0.2, 0.25) is 0 Å². The van der Waals surface area contributed by atoms with Gasteiger partial charge >= 0.3 is 0 Å². The van der Waals surface area contributed by atoms with E-state index in [1.807, 2.05) is 25.7 Å². The van der Waals surface area contributed by atoms with Gasteiger partial charge in [-0.25, -0.2) is 0 Å². The van der Waals surface area contributed by atoms with Gasteiger partial charge in [0.1, 0.15) is 0 Å². The molecule has 0 aromatic carbocycles. The molecule has 22 heavy (non-hydrogen) atoms. The Morgan fingerprint density at radius 3 is 2.18 bits per heavy atom. The Morgan fingerprint density at radius 2 is 1.68 bits per heavy atom.